The van der Waals surface area contributed by atoms with E-state index in [1.54, 1.807) is 17.0 Å². The molecule has 0 radical (unpaired) electrons. The van der Waals surface area contributed by atoms with Crippen LogP contribution in [0.5, 0.6) is 0 Å². The molecule has 3 rings (SSSR count). The van der Waals surface area contributed by atoms with Gasteiger partial charge < -0.3 is 19.7 Å². The quantitative estimate of drug-likeness (QED) is 0.803. The molecule has 2 fully saturated rings. The molecule has 2 amide bonds. The second-order valence-electron chi connectivity index (χ2n) is 7.46. The third-order valence-corrected chi connectivity index (χ3v) is 4.83. The average molecular weight is 350 g/mol. The van der Waals surface area contributed by atoms with E-state index in [-0.39, 0.29) is 23.5 Å². The van der Waals surface area contributed by atoms with E-state index in [2.05, 4.69) is 5.32 Å². The van der Waals surface area contributed by atoms with Gasteiger partial charge in [-0.3, -0.25) is 0 Å². The van der Waals surface area contributed by atoms with E-state index < -0.39 is 0 Å². The number of benzene rings is 1. The van der Waals surface area contributed by atoms with Gasteiger partial charge in [0.15, 0.2) is 0 Å². The molecule has 5 nitrogen and oxygen atoms in total. The van der Waals surface area contributed by atoms with Crippen LogP contribution in [0.3, 0.4) is 0 Å². The van der Waals surface area contributed by atoms with Gasteiger partial charge in [-0.05, 0) is 38.7 Å². The molecule has 25 heavy (non-hydrogen) atoms. The summed E-state index contributed by atoms with van der Waals surface area (Å²) in [5.74, 6) is 0.218. The van der Waals surface area contributed by atoms with Crippen molar-refractivity contribution in [3.05, 3.63) is 35.6 Å². The highest BCUT2D eigenvalue weighted by Crippen LogP contribution is 2.39. The Labute approximate surface area is 148 Å². The lowest BCUT2D eigenvalue weighted by Crippen LogP contribution is -2.65. The van der Waals surface area contributed by atoms with Crippen LogP contribution in [-0.4, -0.2) is 48.9 Å². The number of hydrogen-bond donors (Lipinski definition) is 1. The van der Waals surface area contributed by atoms with Crippen LogP contribution >= 0.6 is 0 Å². The third-order valence-electron chi connectivity index (χ3n) is 4.83. The number of ether oxygens (including phenoxy) is 2. The molecule has 1 unspecified atom stereocenters. The van der Waals surface area contributed by atoms with Crippen LogP contribution in [0.15, 0.2) is 24.3 Å². The standard InChI is InChI=1S/C19H27FN2O3/c1-14(2)21-18(23)22-12-19(13-22)9-15(10-25-19)7-8-24-11-16-5-3-4-6-17(16)20/h3-6,14-15H,7-13H2,1-2H3,(H,21,23). The fraction of sp³-hybridized carbons (Fsp3) is 0.632. The number of hydrogen-bond acceptors (Lipinski definition) is 3. The van der Waals surface area contributed by atoms with Crippen LogP contribution in [0.2, 0.25) is 0 Å². The van der Waals surface area contributed by atoms with E-state index in [1.165, 1.54) is 6.07 Å². The molecule has 1 spiro atoms. The predicted octanol–water partition coefficient (Wildman–Crippen LogP) is 2.94. The number of carbonyl (C=O) groups is 1. The molecule has 2 saturated heterocycles. The summed E-state index contributed by atoms with van der Waals surface area (Å²) in [5.41, 5.74) is 0.428. The Balaban J connectivity index is 1.34. The molecule has 1 N–H and O–H groups in total. The number of halogens is 1. The monoisotopic (exact) mass is 350 g/mol. The SMILES string of the molecule is CC(C)NC(=O)N1CC2(CC(CCOCc3ccccc3F)CO2)C1. The minimum Gasteiger partial charge on any atom is -0.377 e. The van der Waals surface area contributed by atoms with Crippen LogP contribution in [0.25, 0.3) is 0 Å². The first-order valence-corrected chi connectivity index (χ1v) is 8.98. The highest BCUT2D eigenvalue weighted by atomic mass is 19.1. The van der Waals surface area contributed by atoms with Crippen molar-refractivity contribution >= 4 is 6.03 Å². The number of urea groups is 1. The molecule has 0 aliphatic carbocycles. The van der Waals surface area contributed by atoms with Crippen molar-refractivity contribution in [3.63, 3.8) is 0 Å². The van der Waals surface area contributed by atoms with Gasteiger partial charge in [-0.2, -0.15) is 0 Å². The van der Waals surface area contributed by atoms with Crippen molar-refractivity contribution in [2.75, 3.05) is 26.3 Å². The summed E-state index contributed by atoms with van der Waals surface area (Å²) in [6.45, 7) is 6.84. The van der Waals surface area contributed by atoms with E-state index >= 15 is 0 Å². The maximum absolute atomic E-state index is 13.5. The molecular formula is C19H27FN2O3. The van der Waals surface area contributed by atoms with E-state index in [4.69, 9.17) is 9.47 Å². The van der Waals surface area contributed by atoms with Crippen molar-refractivity contribution in [2.45, 2.75) is 44.9 Å². The second kappa shape index (κ2) is 7.70. The van der Waals surface area contributed by atoms with Crippen molar-refractivity contribution in [2.24, 2.45) is 5.92 Å². The molecule has 0 aromatic heterocycles. The maximum Gasteiger partial charge on any atom is 0.317 e. The molecule has 0 bridgehead atoms. The normalized spacial score (nSPS) is 21.6. The summed E-state index contributed by atoms with van der Waals surface area (Å²) >= 11 is 0. The summed E-state index contributed by atoms with van der Waals surface area (Å²) in [6.07, 6.45) is 1.86. The molecule has 1 atom stereocenters. The molecule has 2 heterocycles. The van der Waals surface area contributed by atoms with E-state index in [0.29, 0.717) is 44.4 Å². The van der Waals surface area contributed by atoms with Crippen LogP contribution in [0.4, 0.5) is 9.18 Å². The van der Waals surface area contributed by atoms with E-state index in [9.17, 15) is 9.18 Å². The van der Waals surface area contributed by atoms with Gasteiger partial charge in [-0.15, -0.1) is 0 Å². The Bertz CT molecular complexity index is 602. The molecule has 1 aromatic carbocycles. The van der Waals surface area contributed by atoms with Crippen molar-refractivity contribution in [1.82, 2.24) is 10.2 Å². The lowest BCUT2D eigenvalue weighted by Gasteiger charge is -2.47. The number of rotatable bonds is 6. The molecule has 138 valence electrons. The minimum atomic E-state index is -0.222. The van der Waals surface area contributed by atoms with Gasteiger partial charge in [0, 0.05) is 18.2 Å². The summed E-state index contributed by atoms with van der Waals surface area (Å²) in [7, 11) is 0. The van der Waals surface area contributed by atoms with Gasteiger partial charge in [0.25, 0.3) is 0 Å². The number of carbonyl (C=O) groups excluding carboxylic acids is 1. The second-order valence-corrected chi connectivity index (χ2v) is 7.46. The summed E-state index contributed by atoms with van der Waals surface area (Å²) in [6, 6.07) is 6.82. The molecule has 2 aliphatic heterocycles. The average Bonchev–Trinajstić information content (AvgIpc) is 2.95. The predicted molar refractivity (Wildman–Crippen MR) is 92.7 cm³/mol. The van der Waals surface area contributed by atoms with Gasteiger partial charge in [0.2, 0.25) is 0 Å². The fourth-order valence-corrected chi connectivity index (χ4v) is 3.52. The van der Waals surface area contributed by atoms with Gasteiger partial charge in [-0.25, -0.2) is 9.18 Å². The maximum atomic E-state index is 13.5. The molecular weight excluding hydrogens is 323 g/mol. The molecule has 0 saturated carbocycles. The lowest BCUT2D eigenvalue weighted by molar-refractivity contribution is -0.0915. The fourth-order valence-electron chi connectivity index (χ4n) is 3.52. The van der Waals surface area contributed by atoms with E-state index in [1.807, 2.05) is 19.9 Å². The van der Waals surface area contributed by atoms with Crippen LogP contribution < -0.4 is 5.32 Å². The zero-order valence-electron chi connectivity index (χ0n) is 15.0. The number of amides is 2. The van der Waals surface area contributed by atoms with Gasteiger partial charge >= 0.3 is 6.03 Å². The molecule has 1 aromatic rings. The summed E-state index contributed by atoms with van der Waals surface area (Å²) in [4.78, 5) is 13.7. The largest absolute Gasteiger partial charge is 0.377 e. The first-order chi connectivity index (χ1) is 12.0. The van der Waals surface area contributed by atoms with Gasteiger partial charge in [0.05, 0.1) is 26.3 Å². The topological polar surface area (TPSA) is 50.8 Å². The van der Waals surface area contributed by atoms with Crippen LogP contribution in [0, 0.1) is 11.7 Å². The Morgan fingerprint density at radius 1 is 1.44 bits per heavy atom. The van der Waals surface area contributed by atoms with Crippen molar-refractivity contribution in [3.8, 4) is 0 Å². The van der Waals surface area contributed by atoms with E-state index in [0.717, 1.165) is 12.8 Å². The Morgan fingerprint density at radius 2 is 2.20 bits per heavy atom. The highest BCUT2D eigenvalue weighted by Gasteiger charge is 2.51. The summed E-state index contributed by atoms with van der Waals surface area (Å²) < 4.78 is 25.1. The lowest BCUT2D eigenvalue weighted by atomic mass is 9.86. The first kappa shape index (κ1) is 18.1. The Hall–Kier alpha value is -1.66. The third kappa shape index (κ3) is 4.50. The zero-order chi connectivity index (χ0) is 17.9. The van der Waals surface area contributed by atoms with Crippen LogP contribution in [0.1, 0.15) is 32.3 Å². The number of nitrogens with one attached hydrogen (secondary N) is 1. The smallest absolute Gasteiger partial charge is 0.317 e. The van der Waals surface area contributed by atoms with Crippen LogP contribution in [-0.2, 0) is 16.1 Å². The molecule has 2 aliphatic rings. The number of nitrogens with zero attached hydrogens (tertiary/aromatic N) is 1. The van der Waals surface area contributed by atoms with Crippen molar-refractivity contribution in [1.29, 1.82) is 0 Å². The van der Waals surface area contributed by atoms with Crippen molar-refractivity contribution < 1.29 is 18.7 Å². The highest BCUT2D eigenvalue weighted by molar-refractivity contribution is 5.75. The minimum absolute atomic E-state index is 0.0131. The first-order valence-electron chi connectivity index (χ1n) is 8.98. The van der Waals surface area contributed by atoms with Gasteiger partial charge in [0.1, 0.15) is 11.4 Å². The summed E-state index contributed by atoms with van der Waals surface area (Å²) in [5, 5.41) is 2.91. The zero-order valence-corrected chi connectivity index (χ0v) is 15.0. The number of likely N-dealkylation sites (tertiary alicyclic amines) is 1. The van der Waals surface area contributed by atoms with Gasteiger partial charge in [-0.1, -0.05) is 18.2 Å². The Kier molecular flexibility index (Phi) is 5.59. The Morgan fingerprint density at radius 3 is 2.92 bits per heavy atom. The molecule has 6 heteroatoms.